The van der Waals surface area contributed by atoms with Crippen molar-refractivity contribution in [3.8, 4) is 0 Å². The van der Waals surface area contributed by atoms with E-state index < -0.39 is 5.91 Å². The number of carbonyl (C=O) groups excluding carboxylic acids is 2. The van der Waals surface area contributed by atoms with E-state index in [1.165, 1.54) is 13.0 Å². The summed E-state index contributed by atoms with van der Waals surface area (Å²) in [6.07, 6.45) is 0. The Hall–Kier alpha value is -2.31. The van der Waals surface area contributed by atoms with Crippen LogP contribution in [0.2, 0.25) is 0 Å². The largest absolute Gasteiger partial charge is 0.346 e. The second kappa shape index (κ2) is 4.27. The van der Waals surface area contributed by atoms with Gasteiger partial charge >= 0.3 is 11.9 Å². The molecule has 0 atom stereocenters. The molecule has 1 heterocycles. The van der Waals surface area contributed by atoms with Gasteiger partial charge < -0.3 is 10.3 Å². The summed E-state index contributed by atoms with van der Waals surface area (Å²) in [4.78, 5) is 26.9. The van der Waals surface area contributed by atoms with E-state index in [2.05, 4.69) is 15.3 Å². The van der Waals surface area contributed by atoms with Crippen LogP contribution in [0.15, 0.2) is 12.1 Å². The van der Waals surface area contributed by atoms with Gasteiger partial charge in [-0.05, 0) is 12.1 Å². The predicted molar refractivity (Wildman–Crippen MR) is 53.8 cm³/mol. The number of anilines is 1. The summed E-state index contributed by atoms with van der Waals surface area (Å²) in [7, 11) is 0. The van der Waals surface area contributed by atoms with Gasteiger partial charge in [0.2, 0.25) is 5.91 Å². The van der Waals surface area contributed by atoms with Crippen molar-refractivity contribution in [2.24, 2.45) is 11.5 Å². The molecule has 0 aliphatic rings. The number of amides is 2. The van der Waals surface area contributed by atoms with Crippen molar-refractivity contribution < 1.29 is 14.6 Å². The molecule has 0 spiro atoms. The third-order valence-corrected chi connectivity index (χ3v) is 1.50. The zero-order valence-corrected chi connectivity index (χ0v) is 8.13. The van der Waals surface area contributed by atoms with Crippen molar-refractivity contribution in [3.63, 3.8) is 0 Å². The van der Waals surface area contributed by atoms with Gasteiger partial charge in [0.25, 0.3) is 0 Å². The first kappa shape index (κ1) is 10.8. The molecule has 15 heavy (non-hydrogen) atoms. The van der Waals surface area contributed by atoms with Gasteiger partial charge in [-0.3, -0.25) is 16.3 Å². The maximum Gasteiger partial charge on any atom is 0.346 e. The Morgan fingerprint density at radius 3 is 2.60 bits per heavy atom. The minimum Gasteiger partial charge on any atom is -0.336 e. The van der Waals surface area contributed by atoms with Gasteiger partial charge in [0.15, 0.2) is 0 Å². The SMILES string of the molecule is CC(=O)Nc1ccc(C(=O)[NH+]=C(N)N)[nH]1. The molecule has 0 aliphatic heterocycles. The molecule has 7 heteroatoms. The molecule has 0 radical (unpaired) electrons. The van der Waals surface area contributed by atoms with Crippen molar-refractivity contribution in [2.45, 2.75) is 6.92 Å². The lowest BCUT2D eigenvalue weighted by atomic mass is 10.4. The Kier molecular flexibility index (Phi) is 3.06. The maximum absolute atomic E-state index is 11.3. The number of hydrogen-bond donors (Lipinski definition) is 5. The lowest BCUT2D eigenvalue weighted by molar-refractivity contribution is -0.347. The van der Waals surface area contributed by atoms with Crippen LogP contribution in [0.1, 0.15) is 17.4 Å². The topological polar surface area (TPSA) is 128 Å². The molecule has 0 aliphatic carbocycles. The maximum atomic E-state index is 11.3. The van der Waals surface area contributed by atoms with Crippen LogP contribution >= 0.6 is 0 Å². The first-order valence-electron chi connectivity index (χ1n) is 4.15. The lowest BCUT2D eigenvalue weighted by Crippen LogP contribution is -2.81. The summed E-state index contributed by atoms with van der Waals surface area (Å²) < 4.78 is 0. The normalized spacial score (nSPS) is 9.40. The van der Waals surface area contributed by atoms with Crippen LogP contribution in [-0.4, -0.2) is 22.8 Å². The van der Waals surface area contributed by atoms with Crippen LogP contribution in [0.3, 0.4) is 0 Å². The lowest BCUT2D eigenvalue weighted by Gasteiger charge is -1.95. The van der Waals surface area contributed by atoms with Crippen LogP contribution < -0.4 is 21.8 Å². The smallest absolute Gasteiger partial charge is 0.336 e. The highest BCUT2D eigenvalue weighted by atomic mass is 16.2. The third-order valence-electron chi connectivity index (χ3n) is 1.50. The standard InChI is InChI=1S/C8H11N5O2/c1-4(14)11-6-3-2-5(12-6)7(15)13-8(9)10/h2-3,12H,1H3,(H,11,14)(H4,9,10,13,15)/p+1. The minimum absolute atomic E-state index is 0.185. The Morgan fingerprint density at radius 1 is 1.40 bits per heavy atom. The average molecular weight is 210 g/mol. The van der Waals surface area contributed by atoms with Crippen molar-refractivity contribution in [2.75, 3.05) is 5.32 Å². The van der Waals surface area contributed by atoms with Crippen LogP contribution in [0.25, 0.3) is 0 Å². The fourth-order valence-electron chi connectivity index (χ4n) is 0.989. The molecular formula is C8H12N5O2+. The zero-order valence-electron chi connectivity index (χ0n) is 8.13. The summed E-state index contributed by atoms with van der Waals surface area (Å²) in [5.74, 6) is -0.445. The van der Waals surface area contributed by atoms with E-state index in [0.29, 0.717) is 5.82 Å². The van der Waals surface area contributed by atoms with Gasteiger partial charge in [0, 0.05) is 6.92 Å². The number of aromatic amines is 1. The molecule has 7 nitrogen and oxygen atoms in total. The molecule has 0 fully saturated rings. The minimum atomic E-state index is -0.466. The summed E-state index contributed by atoms with van der Waals surface area (Å²) in [6.45, 7) is 1.37. The fourth-order valence-corrected chi connectivity index (χ4v) is 0.989. The molecule has 2 amide bonds. The Balaban J connectivity index is 2.80. The number of aromatic nitrogens is 1. The zero-order chi connectivity index (χ0) is 11.4. The first-order chi connectivity index (χ1) is 6.99. The Morgan fingerprint density at radius 2 is 2.07 bits per heavy atom. The molecule has 1 rings (SSSR count). The van der Waals surface area contributed by atoms with E-state index in [4.69, 9.17) is 11.5 Å². The molecule has 1 aromatic heterocycles. The van der Waals surface area contributed by atoms with Crippen LogP contribution in [0, 0.1) is 0 Å². The summed E-state index contributed by atoms with van der Waals surface area (Å²) in [5, 5.41) is 2.49. The van der Waals surface area contributed by atoms with Gasteiger partial charge in [0.1, 0.15) is 11.5 Å². The van der Waals surface area contributed by atoms with Crippen molar-refractivity contribution in [3.05, 3.63) is 17.8 Å². The van der Waals surface area contributed by atoms with Gasteiger partial charge in [-0.15, -0.1) is 0 Å². The van der Waals surface area contributed by atoms with E-state index in [9.17, 15) is 9.59 Å². The molecular weight excluding hydrogens is 198 g/mol. The molecule has 0 bridgehead atoms. The number of nitrogens with one attached hydrogen (secondary N) is 3. The van der Waals surface area contributed by atoms with E-state index in [-0.39, 0.29) is 17.6 Å². The second-order valence-electron chi connectivity index (χ2n) is 2.88. The second-order valence-corrected chi connectivity index (χ2v) is 2.88. The van der Waals surface area contributed by atoms with Crippen LogP contribution in [0.5, 0.6) is 0 Å². The molecule has 1 aromatic rings. The monoisotopic (exact) mass is 210 g/mol. The molecule has 80 valence electrons. The summed E-state index contributed by atoms with van der Waals surface area (Å²) in [6, 6.07) is 3.06. The van der Waals surface area contributed by atoms with Crippen LogP contribution in [-0.2, 0) is 4.79 Å². The van der Waals surface area contributed by atoms with Crippen LogP contribution in [0.4, 0.5) is 5.82 Å². The van der Waals surface area contributed by atoms with Gasteiger partial charge in [0.05, 0.1) is 0 Å². The molecule has 0 aromatic carbocycles. The van der Waals surface area contributed by atoms with E-state index in [1.54, 1.807) is 6.07 Å². The van der Waals surface area contributed by atoms with Gasteiger partial charge in [-0.2, -0.15) is 0 Å². The first-order valence-corrected chi connectivity index (χ1v) is 4.15. The quantitative estimate of drug-likeness (QED) is 0.272. The summed E-state index contributed by atoms with van der Waals surface area (Å²) >= 11 is 0. The highest BCUT2D eigenvalue weighted by molar-refractivity contribution is 5.91. The molecule has 0 unspecified atom stereocenters. The fraction of sp³-hybridized carbons (Fsp3) is 0.125. The molecule has 0 saturated carbocycles. The number of nitrogens with two attached hydrogens (primary N) is 2. The highest BCUT2D eigenvalue weighted by Gasteiger charge is 2.09. The number of H-pyrrole nitrogens is 1. The molecule has 7 N–H and O–H groups in total. The average Bonchev–Trinajstić information content (AvgIpc) is 2.50. The van der Waals surface area contributed by atoms with Crippen molar-refractivity contribution in [1.82, 2.24) is 4.98 Å². The third kappa shape index (κ3) is 3.14. The highest BCUT2D eigenvalue weighted by Crippen LogP contribution is 2.05. The predicted octanol–water partition coefficient (Wildman–Crippen LogP) is -2.53. The Labute approximate surface area is 85.5 Å². The van der Waals surface area contributed by atoms with Crippen molar-refractivity contribution in [1.29, 1.82) is 0 Å². The van der Waals surface area contributed by atoms with Crippen molar-refractivity contribution >= 4 is 23.6 Å². The number of carbonyl (C=O) groups is 2. The number of guanidine groups is 1. The van der Waals surface area contributed by atoms with E-state index in [0.717, 1.165) is 0 Å². The summed E-state index contributed by atoms with van der Waals surface area (Å²) in [5.41, 5.74) is 10.5. The molecule has 0 saturated heterocycles. The van der Waals surface area contributed by atoms with Gasteiger partial charge in [-0.1, -0.05) is 0 Å². The van der Waals surface area contributed by atoms with E-state index in [1.807, 2.05) is 0 Å². The van der Waals surface area contributed by atoms with E-state index >= 15 is 0 Å². The Bertz CT molecular complexity index is 416. The number of rotatable bonds is 2. The number of hydrogen-bond acceptors (Lipinski definition) is 2. The van der Waals surface area contributed by atoms with Gasteiger partial charge in [-0.25, -0.2) is 9.79 Å².